The van der Waals surface area contributed by atoms with E-state index < -0.39 is 12.0 Å². The lowest BCUT2D eigenvalue weighted by Gasteiger charge is -2.34. The van der Waals surface area contributed by atoms with Crippen LogP contribution >= 0.6 is 0 Å². The van der Waals surface area contributed by atoms with Crippen molar-refractivity contribution < 1.29 is 9.90 Å². The standard InChI is InChI=1S/C12H14N4O2/c17-12(18)10-8-13-6-7-15(10)11-4-3-9-2-1-5-14-16(9)11/h1-5,10,13H,6-8H2,(H,17,18). The topological polar surface area (TPSA) is 69.9 Å². The fourth-order valence-corrected chi connectivity index (χ4v) is 2.35. The van der Waals surface area contributed by atoms with Crippen molar-refractivity contribution in [2.75, 3.05) is 24.5 Å². The zero-order chi connectivity index (χ0) is 12.5. The fourth-order valence-electron chi connectivity index (χ4n) is 2.35. The molecule has 1 aliphatic heterocycles. The molecule has 1 saturated heterocycles. The molecule has 2 aromatic rings. The summed E-state index contributed by atoms with van der Waals surface area (Å²) in [5.41, 5.74) is 0.968. The van der Waals surface area contributed by atoms with Crippen molar-refractivity contribution in [3.05, 3.63) is 30.5 Å². The lowest BCUT2D eigenvalue weighted by atomic mass is 10.2. The Morgan fingerprint density at radius 2 is 2.33 bits per heavy atom. The van der Waals surface area contributed by atoms with Crippen molar-refractivity contribution in [3.8, 4) is 0 Å². The van der Waals surface area contributed by atoms with Crippen molar-refractivity contribution in [2.24, 2.45) is 0 Å². The van der Waals surface area contributed by atoms with Crippen LogP contribution in [-0.4, -0.2) is 46.4 Å². The van der Waals surface area contributed by atoms with Crippen LogP contribution in [-0.2, 0) is 4.79 Å². The summed E-state index contributed by atoms with van der Waals surface area (Å²) in [5.74, 6) is 0.0209. The van der Waals surface area contributed by atoms with Crippen molar-refractivity contribution in [1.29, 1.82) is 0 Å². The van der Waals surface area contributed by atoms with E-state index in [1.54, 1.807) is 10.7 Å². The average Bonchev–Trinajstić information content (AvgIpc) is 2.82. The molecule has 0 radical (unpaired) electrons. The summed E-state index contributed by atoms with van der Waals surface area (Å²) >= 11 is 0. The Balaban J connectivity index is 2.04. The Kier molecular flexibility index (Phi) is 2.64. The van der Waals surface area contributed by atoms with Gasteiger partial charge in [-0.15, -0.1) is 0 Å². The van der Waals surface area contributed by atoms with Crippen molar-refractivity contribution in [1.82, 2.24) is 14.9 Å². The van der Waals surface area contributed by atoms with E-state index in [4.69, 9.17) is 0 Å². The van der Waals surface area contributed by atoms with E-state index in [2.05, 4.69) is 10.4 Å². The second-order valence-electron chi connectivity index (χ2n) is 4.30. The zero-order valence-electron chi connectivity index (χ0n) is 9.78. The molecule has 1 unspecified atom stereocenters. The van der Waals surface area contributed by atoms with Crippen LogP contribution in [0.1, 0.15) is 0 Å². The molecule has 6 heteroatoms. The maximum atomic E-state index is 11.3. The van der Waals surface area contributed by atoms with Gasteiger partial charge in [-0.1, -0.05) is 0 Å². The first-order valence-corrected chi connectivity index (χ1v) is 5.90. The highest BCUT2D eigenvalue weighted by Crippen LogP contribution is 2.21. The minimum atomic E-state index is -0.812. The summed E-state index contributed by atoms with van der Waals surface area (Å²) in [7, 11) is 0. The van der Waals surface area contributed by atoms with Gasteiger partial charge in [0.05, 0.1) is 5.52 Å². The number of hydrogen-bond acceptors (Lipinski definition) is 4. The highest BCUT2D eigenvalue weighted by atomic mass is 16.4. The molecule has 2 N–H and O–H groups in total. The van der Waals surface area contributed by atoms with Gasteiger partial charge in [-0.3, -0.25) is 0 Å². The van der Waals surface area contributed by atoms with E-state index in [0.717, 1.165) is 17.9 Å². The Bertz CT molecular complexity index is 580. The highest BCUT2D eigenvalue weighted by Gasteiger charge is 2.30. The molecular weight excluding hydrogens is 232 g/mol. The maximum Gasteiger partial charge on any atom is 0.327 e. The van der Waals surface area contributed by atoms with Crippen LogP contribution in [0.2, 0.25) is 0 Å². The van der Waals surface area contributed by atoms with E-state index in [0.29, 0.717) is 13.1 Å². The zero-order valence-corrected chi connectivity index (χ0v) is 9.78. The van der Waals surface area contributed by atoms with E-state index in [1.807, 2.05) is 29.2 Å². The summed E-state index contributed by atoms with van der Waals surface area (Å²) in [4.78, 5) is 13.2. The van der Waals surface area contributed by atoms with E-state index >= 15 is 0 Å². The first-order chi connectivity index (χ1) is 8.77. The summed E-state index contributed by atoms with van der Waals surface area (Å²) in [6.07, 6.45) is 1.70. The smallest absolute Gasteiger partial charge is 0.327 e. The van der Waals surface area contributed by atoms with Gasteiger partial charge in [0.1, 0.15) is 11.9 Å². The summed E-state index contributed by atoms with van der Waals surface area (Å²) in [5, 5.41) is 16.6. The van der Waals surface area contributed by atoms with Crippen LogP contribution in [0.4, 0.5) is 5.82 Å². The lowest BCUT2D eigenvalue weighted by molar-refractivity contribution is -0.138. The van der Waals surface area contributed by atoms with Gasteiger partial charge >= 0.3 is 5.97 Å². The van der Waals surface area contributed by atoms with Gasteiger partial charge in [-0.25, -0.2) is 9.31 Å². The number of carboxylic acids is 1. The molecule has 0 saturated carbocycles. The third kappa shape index (κ3) is 1.70. The monoisotopic (exact) mass is 246 g/mol. The number of nitrogens with one attached hydrogen (secondary N) is 1. The highest BCUT2D eigenvalue weighted by molar-refractivity contribution is 5.79. The number of carbonyl (C=O) groups is 1. The Labute approximate surface area is 104 Å². The molecule has 2 aromatic heterocycles. The second kappa shape index (κ2) is 4.30. The SMILES string of the molecule is O=C(O)C1CNCCN1c1ccc2cccnn12. The molecule has 3 heterocycles. The maximum absolute atomic E-state index is 11.3. The number of rotatable bonds is 2. The number of aromatic nitrogens is 2. The number of hydrogen-bond donors (Lipinski definition) is 2. The van der Waals surface area contributed by atoms with Crippen molar-refractivity contribution >= 4 is 17.3 Å². The van der Waals surface area contributed by atoms with Crippen molar-refractivity contribution in [3.63, 3.8) is 0 Å². The second-order valence-corrected chi connectivity index (χ2v) is 4.30. The van der Waals surface area contributed by atoms with Crippen LogP contribution in [0.5, 0.6) is 0 Å². The Morgan fingerprint density at radius 3 is 3.17 bits per heavy atom. The normalized spacial score (nSPS) is 20.2. The van der Waals surface area contributed by atoms with E-state index in [9.17, 15) is 9.90 Å². The number of aliphatic carboxylic acids is 1. The number of anilines is 1. The molecule has 1 fully saturated rings. The predicted molar refractivity (Wildman–Crippen MR) is 66.8 cm³/mol. The molecule has 0 amide bonds. The van der Waals surface area contributed by atoms with Crippen LogP contribution in [0.25, 0.3) is 5.52 Å². The summed E-state index contributed by atoms with van der Waals surface area (Å²) in [6.45, 7) is 1.90. The Morgan fingerprint density at radius 1 is 1.44 bits per heavy atom. The van der Waals surface area contributed by atoms with Gasteiger partial charge < -0.3 is 15.3 Å². The summed E-state index contributed by atoms with van der Waals surface area (Å²) in [6, 6.07) is 7.14. The first kappa shape index (κ1) is 11.0. The molecule has 0 bridgehead atoms. The molecule has 6 nitrogen and oxygen atoms in total. The quantitative estimate of drug-likeness (QED) is 0.792. The lowest BCUT2D eigenvalue weighted by Crippen LogP contribution is -2.55. The number of piperazine rings is 1. The molecule has 18 heavy (non-hydrogen) atoms. The molecule has 0 aromatic carbocycles. The van der Waals surface area contributed by atoms with Gasteiger partial charge in [0, 0.05) is 25.8 Å². The molecule has 94 valence electrons. The van der Waals surface area contributed by atoms with Crippen molar-refractivity contribution in [2.45, 2.75) is 6.04 Å². The molecule has 0 spiro atoms. The molecule has 0 aliphatic carbocycles. The fraction of sp³-hybridized carbons (Fsp3) is 0.333. The van der Waals surface area contributed by atoms with Crippen LogP contribution < -0.4 is 10.2 Å². The predicted octanol–water partition coefficient (Wildman–Crippen LogP) is 0.197. The van der Waals surface area contributed by atoms with Gasteiger partial charge in [0.2, 0.25) is 0 Å². The number of fused-ring (bicyclic) bond motifs is 1. The molecule has 3 rings (SSSR count). The third-order valence-electron chi connectivity index (χ3n) is 3.22. The van der Waals surface area contributed by atoms with Crippen LogP contribution in [0, 0.1) is 0 Å². The van der Waals surface area contributed by atoms with E-state index in [-0.39, 0.29) is 0 Å². The van der Waals surface area contributed by atoms with Gasteiger partial charge in [-0.2, -0.15) is 5.10 Å². The van der Waals surface area contributed by atoms with E-state index in [1.165, 1.54) is 0 Å². The molecular formula is C12H14N4O2. The first-order valence-electron chi connectivity index (χ1n) is 5.90. The van der Waals surface area contributed by atoms with Crippen LogP contribution in [0.3, 0.4) is 0 Å². The summed E-state index contributed by atoms with van der Waals surface area (Å²) < 4.78 is 1.78. The van der Waals surface area contributed by atoms with Crippen LogP contribution in [0.15, 0.2) is 30.5 Å². The molecule has 1 atom stereocenters. The third-order valence-corrected chi connectivity index (χ3v) is 3.22. The number of carboxylic acid groups (broad SMARTS) is 1. The minimum Gasteiger partial charge on any atom is -0.480 e. The number of nitrogens with zero attached hydrogens (tertiary/aromatic N) is 3. The van der Waals surface area contributed by atoms with Gasteiger partial charge in [-0.05, 0) is 24.3 Å². The largest absolute Gasteiger partial charge is 0.480 e. The minimum absolute atomic E-state index is 0.454. The molecule has 1 aliphatic rings. The van der Waals surface area contributed by atoms with Gasteiger partial charge in [0.25, 0.3) is 0 Å². The van der Waals surface area contributed by atoms with Gasteiger partial charge in [0.15, 0.2) is 0 Å². The average molecular weight is 246 g/mol. The Hall–Kier alpha value is -2.08.